The molecule has 4 aromatic rings. The van der Waals surface area contributed by atoms with Crippen molar-refractivity contribution in [2.24, 2.45) is 0 Å². The monoisotopic (exact) mass is 396 g/mol. The smallest absolute Gasteiger partial charge is 0.0352 e. The van der Waals surface area contributed by atoms with Crippen LogP contribution >= 0.6 is 22.7 Å². The molecule has 2 heterocycles. The molecule has 0 fully saturated rings. The summed E-state index contributed by atoms with van der Waals surface area (Å²) in [5.41, 5.74) is 5.40. The van der Waals surface area contributed by atoms with Crippen molar-refractivity contribution in [3.63, 3.8) is 0 Å². The van der Waals surface area contributed by atoms with Crippen LogP contribution in [0.25, 0.3) is 22.3 Å². The van der Waals surface area contributed by atoms with Gasteiger partial charge in [0.1, 0.15) is 0 Å². The minimum Gasteiger partial charge on any atom is -0.144 e. The second kappa shape index (κ2) is 7.05. The first-order chi connectivity index (χ1) is 13.8. The second-order valence-corrected chi connectivity index (χ2v) is 8.94. The Kier molecular flexibility index (Phi) is 4.38. The van der Waals surface area contributed by atoms with Crippen LogP contribution in [0.15, 0.2) is 83.6 Å². The molecule has 0 amide bonds. The Balaban J connectivity index is 2.14. The highest BCUT2D eigenvalue weighted by Crippen LogP contribution is 2.40. The van der Waals surface area contributed by atoms with Crippen molar-refractivity contribution in [3.05, 3.63) is 114 Å². The summed E-state index contributed by atoms with van der Waals surface area (Å²) < 4.78 is 0. The largest absolute Gasteiger partial charge is 0.144 e. The van der Waals surface area contributed by atoms with Crippen LogP contribution < -0.4 is 10.4 Å². The first kappa shape index (κ1) is 17.4. The van der Waals surface area contributed by atoms with Crippen molar-refractivity contribution < 1.29 is 0 Å². The Labute approximate surface area is 172 Å². The predicted octanol–water partition coefficient (Wildman–Crippen LogP) is 6.06. The van der Waals surface area contributed by atoms with Crippen molar-refractivity contribution in [2.75, 3.05) is 0 Å². The van der Waals surface area contributed by atoms with E-state index in [1.54, 1.807) is 0 Å². The lowest BCUT2D eigenvalue weighted by molar-refractivity contribution is 1.37. The van der Waals surface area contributed by atoms with Crippen LogP contribution in [-0.2, 0) is 0 Å². The predicted molar refractivity (Wildman–Crippen MR) is 123 cm³/mol. The summed E-state index contributed by atoms with van der Waals surface area (Å²) in [5.74, 6) is 0. The fourth-order valence-electron chi connectivity index (χ4n) is 4.19. The van der Waals surface area contributed by atoms with Gasteiger partial charge >= 0.3 is 0 Å². The van der Waals surface area contributed by atoms with Crippen LogP contribution in [0.5, 0.6) is 0 Å². The molecule has 0 unspecified atom stereocenters. The molecule has 0 saturated heterocycles. The number of hydrogen-bond donors (Lipinski definition) is 0. The molecule has 0 N–H and O–H groups in total. The lowest BCUT2D eigenvalue weighted by atomic mass is 9.88. The Bertz CT molecular complexity index is 1290. The summed E-state index contributed by atoms with van der Waals surface area (Å²) in [6, 6.07) is 26.5. The van der Waals surface area contributed by atoms with Crippen molar-refractivity contribution in [1.82, 2.24) is 0 Å². The number of allylic oxidation sites excluding steroid dienone is 2. The highest BCUT2D eigenvalue weighted by atomic mass is 32.1. The molecule has 0 aliphatic heterocycles. The van der Waals surface area contributed by atoms with Crippen LogP contribution in [0.4, 0.5) is 0 Å². The van der Waals surface area contributed by atoms with Crippen molar-refractivity contribution in [1.29, 1.82) is 0 Å². The summed E-state index contributed by atoms with van der Waals surface area (Å²) in [6.07, 6.45) is 0. The van der Waals surface area contributed by atoms with E-state index in [-0.39, 0.29) is 0 Å². The van der Waals surface area contributed by atoms with E-state index in [2.05, 4.69) is 97.4 Å². The molecule has 28 heavy (non-hydrogen) atoms. The number of fused-ring (bicyclic) bond motifs is 2. The summed E-state index contributed by atoms with van der Waals surface area (Å²) in [7, 11) is 0. The molecule has 1 aliphatic carbocycles. The third-order valence-electron chi connectivity index (χ3n) is 5.49. The molecule has 1 aliphatic rings. The van der Waals surface area contributed by atoms with Crippen LogP contribution in [0.2, 0.25) is 0 Å². The molecule has 0 atom stereocenters. The van der Waals surface area contributed by atoms with Crippen LogP contribution in [-0.4, -0.2) is 0 Å². The molecule has 2 aromatic carbocycles. The number of hydrogen-bond acceptors (Lipinski definition) is 2. The molecule has 0 spiro atoms. The molecule has 0 bridgehead atoms. The third-order valence-corrected chi connectivity index (χ3v) is 7.26. The topological polar surface area (TPSA) is 0 Å². The van der Waals surface area contributed by atoms with Crippen molar-refractivity contribution in [2.45, 2.75) is 13.8 Å². The first-order valence-electron chi connectivity index (χ1n) is 9.45. The zero-order valence-corrected chi connectivity index (χ0v) is 17.5. The number of benzene rings is 2. The second-order valence-electron chi connectivity index (χ2n) is 7.05. The van der Waals surface area contributed by atoms with E-state index in [0.717, 1.165) is 0 Å². The fourth-order valence-corrected chi connectivity index (χ4v) is 5.86. The zero-order valence-electron chi connectivity index (χ0n) is 15.9. The molecular weight excluding hydrogens is 376 g/mol. The average molecular weight is 397 g/mol. The van der Waals surface area contributed by atoms with Gasteiger partial charge in [-0.3, -0.25) is 0 Å². The lowest BCUT2D eigenvalue weighted by Gasteiger charge is -2.18. The molecule has 0 radical (unpaired) electrons. The van der Waals surface area contributed by atoms with E-state index in [4.69, 9.17) is 0 Å². The van der Waals surface area contributed by atoms with Gasteiger partial charge in [0.05, 0.1) is 0 Å². The van der Waals surface area contributed by atoms with Gasteiger partial charge in [-0.05, 0) is 68.8 Å². The van der Waals surface area contributed by atoms with Crippen molar-refractivity contribution >= 4 is 45.0 Å². The third kappa shape index (κ3) is 2.72. The fraction of sp³-hybridized carbons (Fsp3) is 0.0769. The maximum Gasteiger partial charge on any atom is 0.0352 e. The molecular formula is C26H20S2. The SMILES string of the molecule is CC1=c2\cccc\c2=c2/cccc/c2=C(C)/C(c2cccs2)=C\1c1cccs1. The van der Waals surface area contributed by atoms with Crippen LogP contribution in [0.3, 0.4) is 0 Å². The Morgan fingerprint density at radius 3 is 1.21 bits per heavy atom. The molecule has 2 aromatic heterocycles. The number of rotatable bonds is 2. The van der Waals surface area contributed by atoms with E-state index in [1.165, 1.54) is 52.9 Å². The molecule has 136 valence electrons. The number of thiophene rings is 2. The van der Waals surface area contributed by atoms with Gasteiger partial charge in [0.2, 0.25) is 0 Å². The van der Waals surface area contributed by atoms with Gasteiger partial charge in [-0.25, -0.2) is 0 Å². The maximum atomic E-state index is 2.28. The molecule has 2 heteroatoms. The van der Waals surface area contributed by atoms with Gasteiger partial charge < -0.3 is 0 Å². The van der Waals surface area contributed by atoms with E-state index >= 15 is 0 Å². The Hall–Kier alpha value is -2.68. The highest BCUT2D eigenvalue weighted by molar-refractivity contribution is 7.12. The molecule has 5 rings (SSSR count). The van der Waals surface area contributed by atoms with Gasteiger partial charge in [-0.15, -0.1) is 22.7 Å². The summed E-state index contributed by atoms with van der Waals surface area (Å²) in [6.45, 7) is 4.56. The van der Waals surface area contributed by atoms with Crippen molar-refractivity contribution in [3.8, 4) is 0 Å². The average Bonchev–Trinajstić information content (AvgIpc) is 3.44. The quantitative estimate of drug-likeness (QED) is 0.386. The van der Waals surface area contributed by atoms with Gasteiger partial charge in [0.25, 0.3) is 0 Å². The maximum absolute atomic E-state index is 2.28. The normalized spacial score (nSPS) is 21.5. The Morgan fingerprint density at radius 1 is 0.464 bits per heavy atom. The van der Waals surface area contributed by atoms with Gasteiger partial charge in [-0.2, -0.15) is 0 Å². The van der Waals surface area contributed by atoms with E-state index in [9.17, 15) is 0 Å². The summed E-state index contributed by atoms with van der Waals surface area (Å²) >= 11 is 3.64. The minimum atomic E-state index is 1.31. The van der Waals surface area contributed by atoms with E-state index in [0.29, 0.717) is 0 Å². The van der Waals surface area contributed by atoms with E-state index in [1.807, 2.05) is 22.7 Å². The minimum absolute atomic E-state index is 1.31. The van der Waals surface area contributed by atoms with Gasteiger partial charge in [-0.1, -0.05) is 60.7 Å². The van der Waals surface area contributed by atoms with Crippen LogP contribution in [0.1, 0.15) is 23.6 Å². The lowest BCUT2D eigenvalue weighted by Crippen LogP contribution is -2.17. The van der Waals surface area contributed by atoms with E-state index < -0.39 is 0 Å². The standard InChI is InChI=1S/C26H20S2/c1-17-19-9-3-5-11-21(19)22-12-6-4-10-20(22)18(2)26(24-14-8-16-28-24)25(17)23-13-7-15-27-23/h3-16H,1-2H3/b19-17-,20-18-,22-21-,25-17?,26-18?,26-25-. The first-order valence-corrected chi connectivity index (χ1v) is 11.2. The summed E-state index contributed by atoms with van der Waals surface area (Å²) in [5, 5.41) is 9.62. The highest BCUT2D eigenvalue weighted by Gasteiger charge is 2.19. The summed E-state index contributed by atoms with van der Waals surface area (Å²) in [4.78, 5) is 2.66. The molecule has 0 saturated carbocycles. The zero-order chi connectivity index (χ0) is 19.1. The van der Waals surface area contributed by atoms with Gasteiger partial charge in [0, 0.05) is 20.9 Å². The molecule has 0 nitrogen and oxygen atoms in total. The Morgan fingerprint density at radius 2 is 0.857 bits per heavy atom. The van der Waals surface area contributed by atoms with Gasteiger partial charge in [0.15, 0.2) is 0 Å². The van der Waals surface area contributed by atoms with Crippen LogP contribution in [0, 0.1) is 10.4 Å².